The molecule has 5 nitrogen and oxygen atoms in total. The summed E-state index contributed by atoms with van der Waals surface area (Å²) in [5.74, 6) is 2.73. The normalized spacial score (nSPS) is 22.0. The van der Waals surface area contributed by atoms with Gasteiger partial charge in [-0.3, -0.25) is 9.53 Å². The van der Waals surface area contributed by atoms with E-state index in [9.17, 15) is 9.00 Å². The average Bonchev–Trinajstić information content (AvgIpc) is 2.67. The van der Waals surface area contributed by atoms with Crippen LogP contribution in [0.1, 0.15) is 32.8 Å². The zero-order valence-corrected chi connectivity index (χ0v) is 15.1. The maximum atomic E-state index is 12.3. The number of amides is 2. The van der Waals surface area contributed by atoms with E-state index in [1.165, 1.54) is 5.56 Å². The van der Waals surface area contributed by atoms with Crippen molar-refractivity contribution in [2.75, 3.05) is 29.9 Å². The van der Waals surface area contributed by atoms with E-state index in [1.54, 1.807) is 4.90 Å². The number of rotatable bonds is 4. The average molecular weight is 337 g/mol. The Morgan fingerprint density at radius 2 is 2.26 bits per heavy atom. The predicted molar refractivity (Wildman–Crippen MR) is 95.0 cm³/mol. The van der Waals surface area contributed by atoms with Gasteiger partial charge in [-0.05, 0) is 36.3 Å². The molecule has 2 heterocycles. The van der Waals surface area contributed by atoms with Gasteiger partial charge in [0.15, 0.2) is 0 Å². The fourth-order valence-electron chi connectivity index (χ4n) is 2.61. The molecule has 0 bridgehead atoms. The Morgan fingerprint density at radius 1 is 1.48 bits per heavy atom. The number of carbonyl (C=O) groups excluding carboxylic acids is 1. The number of aryl methyl sites for hydroxylation is 1. The lowest BCUT2D eigenvalue weighted by Crippen LogP contribution is -2.38. The van der Waals surface area contributed by atoms with Gasteiger partial charge in [-0.25, -0.2) is 9.78 Å². The number of urea groups is 1. The summed E-state index contributed by atoms with van der Waals surface area (Å²) < 4.78 is 11.7. The van der Waals surface area contributed by atoms with Crippen molar-refractivity contribution in [1.82, 2.24) is 9.88 Å². The first-order valence-corrected chi connectivity index (χ1v) is 9.78. The molecule has 2 rings (SSSR count). The van der Waals surface area contributed by atoms with E-state index in [2.05, 4.69) is 24.1 Å². The van der Waals surface area contributed by atoms with Crippen molar-refractivity contribution in [2.24, 2.45) is 11.8 Å². The molecule has 2 amide bonds. The summed E-state index contributed by atoms with van der Waals surface area (Å²) in [7, 11) is -0.818. The van der Waals surface area contributed by atoms with Gasteiger partial charge in [-0.1, -0.05) is 26.8 Å². The first-order chi connectivity index (χ1) is 10.9. The van der Waals surface area contributed by atoms with Crippen LogP contribution >= 0.6 is 0 Å². The highest BCUT2D eigenvalue weighted by Crippen LogP contribution is 2.13. The van der Waals surface area contributed by atoms with Crippen LogP contribution in [0.2, 0.25) is 0 Å². The summed E-state index contributed by atoms with van der Waals surface area (Å²) >= 11 is 0. The van der Waals surface area contributed by atoms with Crippen LogP contribution in [0.15, 0.2) is 18.3 Å². The van der Waals surface area contributed by atoms with Gasteiger partial charge in [0.25, 0.3) is 0 Å². The van der Waals surface area contributed by atoms with Gasteiger partial charge in [0, 0.05) is 41.6 Å². The lowest BCUT2D eigenvalue weighted by atomic mass is 10.0. The highest BCUT2D eigenvalue weighted by molar-refractivity contribution is 7.85. The molecule has 1 aromatic heterocycles. The highest BCUT2D eigenvalue weighted by Gasteiger charge is 2.22. The van der Waals surface area contributed by atoms with E-state index < -0.39 is 10.8 Å². The highest BCUT2D eigenvalue weighted by atomic mass is 32.2. The summed E-state index contributed by atoms with van der Waals surface area (Å²) in [4.78, 5) is 18.4. The third kappa shape index (κ3) is 5.94. The number of pyridine rings is 1. The lowest BCUT2D eigenvalue weighted by molar-refractivity contribution is 0.209. The SMILES string of the molecule is CC(C)CCc1ccc(NC(=O)N2CC[S@](=O)C[C@@H](C)C2)nc1. The molecule has 1 N–H and O–H groups in total. The Morgan fingerprint density at radius 3 is 2.91 bits per heavy atom. The molecule has 0 aromatic carbocycles. The number of hydrogen-bond donors (Lipinski definition) is 1. The van der Waals surface area contributed by atoms with Gasteiger partial charge < -0.3 is 4.90 Å². The maximum Gasteiger partial charge on any atom is 0.323 e. The molecule has 1 fully saturated rings. The lowest BCUT2D eigenvalue weighted by Gasteiger charge is -2.22. The Labute approximate surface area is 141 Å². The van der Waals surface area contributed by atoms with E-state index in [-0.39, 0.29) is 11.9 Å². The Hall–Kier alpha value is -1.43. The smallest absolute Gasteiger partial charge is 0.323 e. The number of aromatic nitrogens is 1. The number of hydrogen-bond acceptors (Lipinski definition) is 3. The Bertz CT molecular complexity index is 545. The zero-order valence-electron chi connectivity index (χ0n) is 14.2. The van der Waals surface area contributed by atoms with Crippen molar-refractivity contribution in [3.63, 3.8) is 0 Å². The van der Waals surface area contributed by atoms with Crippen LogP contribution in [0.25, 0.3) is 0 Å². The van der Waals surface area contributed by atoms with Crippen LogP contribution < -0.4 is 5.32 Å². The Kier molecular flexibility index (Phi) is 6.57. The van der Waals surface area contributed by atoms with Crippen molar-refractivity contribution in [2.45, 2.75) is 33.6 Å². The molecule has 1 aromatic rings. The zero-order chi connectivity index (χ0) is 16.8. The first kappa shape index (κ1) is 17.9. The maximum absolute atomic E-state index is 12.3. The molecule has 1 aliphatic rings. The minimum absolute atomic E-state index is 0.154. The molecule has 0 unspecified atom stereocenters. The van der Waals surface area contributed by atoms with Gasteiger partial charge in [0.1, 0.15) is 5.82 Å². The van der Waals surface area contributed by atoms with Crippen molar-refractivity contribution < 1.29 is 9.00 Å². The molecule has 6 heteroatoms. The van der Waals surface area contributed by atoms with Crippen LogP contribution in [0.5, 0.6) is 0 Å². The van der Waals surface area contributed by atoms with Crippen molar-refractivity contribution in [3.8, 4) is 0 Å². The van der Waals surface area contributed by atoms with Gasteiger partial charge in [0.05, 0.1) is 0 Å². The van der Waals surface area contributed by atoms with E-state index >= 15 is 0 Å². The van der Waals surface area contributed by atoms with Gasteiger partial charge >= 0.3 is 6.03 Å². The van der Waals surface area contributed by atoms with E-state index in [0.29, 0.717) is 36.3 Å². The molecule has 0 spiro atoms. The summed E-state index contributed by atoms with van der Waals surface area (Å²) in [6.45, 7) is 7.62. The van der Waals surface area contributed by atoms with Gasteiger partial charge in [0.2, 0.25) is 0 Å². The van der Waals surface area contributed by atoms with E-state index in [4.69, 9.17) is 0 Å². The molecule has 2 atom stereocenters. The molecule has 0 aliphatic carbocycles. The number of anilines is 1. The quantitative estimate of drug-likeness (QED) is 0.919. The van der Waals surface area contributed by atoms with Crippen molar-refractivity contribution >= 4 is 22.6 Å². The minimum Gasteiger partial charge on any atom is -0.323 e. The third-order valence-corrected chi connectivity index (χ3v) is 5.53. The largest absolute Gasteiger partial charge is 0.323 e. The number of carbonyl (C=O) groups is 1. The summed E-state index contributed by atoms with van der Waals surface area (Å²) in [5.41, 5.74) is 1.19. The monoisotopic (exact) mass is 337 g/mol. The predicted octanol–water partition coefficient (Wildman–Crippen LogP) is 2.90. The van der Waals surface area contributed by atoms with Crippen LogP contribution in [0, 0.1) is 11.8 Å². The first-order valence-electron chi connectivity index (χ1n) is 8.30. The van der Waals surface area contributed by atoms with Crippen molar-refractivity contribution in [3.05, 3.63) is 23.9 Å². The van der Waals surface area contributed by atoms with Gasteiger partial charge in [-0.2, -0.15) is 0 Å². The summed E-state index contributed by atoms with van der Waals surface area (Å²) in [5, 5.41) is 2.84. The van der Waals surface area contributed by atoms with Crippen LogP contribution in [-0.2, 0) is 17.2 Å². The van der Waals surface area contributed by atoms with E-state index in [0.717, 1.165) is 12.8 Å². The fourth-order valence-corrected chi connectivity index (χ4v) is 3.94. The number of nitrogens with zero attached hydrogens (tertiary/aromatic N) is 2. The fraction of sp³-hybridized carbons (Fsp3) is 0.647. The number of nitrogens with one attached hydrogen (secondary N) is 1. The molecule has 1 saturated heterocycles. The van der Waals surface area contributed by atoms with Crippen molar-refractivity contribution in [1.29, 1.82) is 0 Å². The van der Waals surface area contributed by atoms with E-state index in [1.807, 2.05) is 25.3 Å². The second-order valence-electron chi connectivity index (χ2n) is 6.78. The molecule has 0 radical (unpaired) electrons. The molecule has 1 aliphatic heterocycles. The minimum atomic E-state index is -0.818. The van der Waals surface area contributed by atoms with Crippen LogP contribution in [-0.4, -0.2) is 44.7 Å². The Balaban J connectivity index is 1.90. The van der Waals surface area contributed by atoms with Crippen LogP contribution in [0.4, 0.5) is 10.6 Å². The standard InChI is InChI=1S/C17H27N3O2S/c1-13(2)4-5-15-6-7-16(18-10-15)19-17(21)20-8-9-23(22)12-14(3)11-20/h6-7,10,13-14H,4-5,8-9,11-12H2,1-3H3,(H,18,19,21)/t14-,23-/m0/s1. The molecule has 23 heavy (non-hydrogen) atoms. The summed E-state index contributed by atoms with van der Waals surface area (Å²) in [6, 6.07) is 3.72. The van der Waals surface area contributed by atoms with Crippen LogP contribution in [0.3, 0.4) is 0 Å². The second kappa shape index (κ2) is 8.43. The summed E-state index contributed by atoms with van der Waals surface area (Å²) in [6.07, 6.45) is 3.97. The molecular weight excluding hydrogens is 310 g/mol. The van der Waals surface area contributed by atoms with Gasteiger partial charge in [-0.15, -0.1) is 0 Å². The molecular formula is C17H27N3O2S. The second-order valence-corrected chi connectivity index (χ2v) is 8.40. The third-order valence-electron chi connectivity index (χ3n) is 3.95. The topological polar surface area (TPSA) is 62.3 Å². The molecule has 128 valence electrons. The molecule has 0 saturated carbocycles.